The van der Waals surface area contributed by atoms with Crippen molar-refractivity contribution in [2.75, 3.05) is 5.73 Å². The van der Waals surface area contributed by atoms with Gasteiger partial charge in [-0.25, -0.2) is 13.5 Å². The van der Waals surface area contributed by atoms with E-state index in [0.717, 1.165) is 6.07 Å². The monoisotopic (exact) mass is 260 g/mol. The minimum Gasteiger partial charge on any atom is -0.395 e. The molecule has 0 bridgehead atoms. The van der Waals surface area contributed by atoms with E-state index >= 15 is 0 Å². The predicted molar refractivity (Wildman–Crippen MR) is 67.9 cm³/mol. The van der Waals surface area contributed by atoms with Gasteiger partial charge in [-0.2, -0.15) is 0 Å². The molecule has 4 nitrogen and oxygen atoms in total. The number of hydrogen-bond donors (Lipinski definition) is 1. The van der Waals surface area contributed by atoms with Gasteiger partial charge in [-0.3, -0.25) is 0 Å². The molecule has 2 N–H and O–H groups in total. The molecule has 96 valence electrons. The molecule has 3 aromatic rings. The molecule has 0 aliphatic carbocycles. The zero-order chi connectivity index (χ0) is 13.6. The summed E-state index contributed by atoms with van der Waals surface area (Å²) in [6, 6.07) is 8.07. The van der Waals surface area contributed by atoms with Gasteiger partial charge >= 0.3 is 0 Å². The predicted octanol–water partition coefficient (Wildman–Crippen LogP) is 2.59. The summed E-state index contributed by atoms with van der Waals surface area (Å²) >= 11 is 0. The number of aryl methyl sites for hydroxylation is 1. The first kappa shape index (κ1) is 11.6. The summed E-state index contributed by atoms with van der Waals surface area (Å²) < 4.78 is 29.1. The van der Waals surface area contributed by atoms with Gasteiger partial charge in [0.2, 0.25) is 0 Å². The Bertz CT molecular complexity index is 753. The summed E-state index contributed by atoms with van der Waals surface area (Å²) in [5.74, 6) is -1.27. The van der Waals surface area contributed by atoms with Crippen LogP contribution in [0.25, 0.3) is 16.7 Å². The number of rotatable bonds is 1. The zero-order valence-corrected chi connectivity index (χ0v) is 10.1. The molecule has 0 spiro atoms. The molecule has 6 heteroatoms. The highest BCUT2D eigenvalue weighted by Gasteiger charge is 2.19. The molecule has 2 aromatic carbocycles. The first-order valence-corrected chi connectivity index (χ1v) is 5.64. The van der Waals surface area contributed by atoms with Crippen molar-refractivity contribution in [2.45, 2.75) is 6.92 Å². The van der Waals surface area contributed by atoms with Gasteiger partial charge in [-0.05, 0) is 30.7 Å². The van der Waals surface area contributed by atoms with Gasteiger partial charge in [0.15, 0.2) is 5.82 Å². The molecule has 0 saturated heterocycles. The van der Waals surface area contributed by atoms with E-state index in [1.54, 1.807) is 24.3 Å². The third kappa shape index (κ3) is 1.64. The van der Waals surface area contributed by atoms with Gasteiger partial charge in [-0.15, -0.1) is 5.10 Å². The smallest absolute Gasteiger partial charge is 0.154 e. The Morgan fingerprint density at radius 3 is 2.74 bits per heavy atom. The number of halogens is 2. The van der Waals surface area contributed by atoms with Crippen LogP contribution < -0.4 is 5.73 Å². The van der Waals surface area contributed by atoms with Crippen LogP contribution in [-0.2, 0) is 0 Å². The molecule has 0 atom stereocenters. The lowest BCUT2D eigenvalue weighted by Crippen LogP contribution is -2.08. The lowest BCUT2D eigenvalue weighted by atomic mass is 10.1. The fourth-order valence-corrected chi connectivity index (χ4v) is 1.99. The fourth-order valence-electron chi connectivity index (χ4n) is 1.99. The molecule has 1 aromatic heterocycles. The summed E-state index contributed by atoms with van der Waals surface area (Å²) in [4.78, 5) is 0. The van der Waals surface area contributed by atoms with E-state index in [0.29, 0.717) is 11.0 Å². The Labute approximate surface area is 107 Å². The average molecular weight is 260 g/mol. The lowest BCUT2D eigenvalue weighted by Gasteiger charge is -2.10. The third-order valence-corrected chi connectivity index (χ3v) is 2.97. The first-order chi connectivity index (χ1) is 9.09. The Hall–Kier alpha value is -2.50. The second-order valence-corrected chi connectivity index (χ2v) is 4.24. The maximum Gasteiger partial charge on any atom is 0.154 e. The molecule has 0 aliphatic rings. The summed E-state index contributed by atoms with van der Waals surface area (Å²) in [5.41, 5.74) is 6.57. The van der Waals surface area contributed by atoms with Crippen LogP contribution in [0.1, 0.15) is 5.56 Å². The standard InChI is InChI=1S/C13H10F2N4/c1-7-6-8(14)12(16)13(11(7)15)19-10-5-3-2-4-9(10)17-18-19/h2-6H,16H2,1H3. The average Bonchev–Trinajstić information content (AvgIpc) is 2.81. The first-order valence-electron chi connectivity index (χ1n) is 5.64. The van der Waals surface area contributed by atoms with Crippen molar-refractivity contribution >= 4 is 16.7 Å². The van der Waals surface area contributed by atoms with Crippen LogP contribution in [-0.4, -0.2) is 15.0 Å². The Morgan fingerprint density at radius 1 is 1.21 bits per heavy atom. The molecule has 0 saturated carbocycles. The van der Waals surface area contributed by atoms with Gasteiger partial charge in [0.25, 0.3) is 0 Å². The van der Waals surface area contributed by atoms with Gasteiger partial charge < -0.3 is 5.73 Å². The van der Waals surface area contributed by atoms with Crippen LogP contribution in [0.2, 0.25) is 0 Å². The Kier molecular flexibility index (Phi) is 2.45. The number of anilines is 1. The van der Waals surface area contributed by atoms with Crippen molar-refractivity contribution in [1.82, 2.24) is 15.0 Å². The van der Waals surface area contributed by atoms with Crippen LogP contribution >= 0.6 is 0 Å². The largest absolute Gasteiger partial charge is 0.395 e. The number of aromatic nitrogens is 3. The van der Waals surface area contributed by atoms with Crippen LogP contribution in [0.5, 0.6) is 0 Å². The van der Waals surface area contributed by atoms with E-state index in [9.17, 15) is 8.78 Å². The molecular formula is C13H10F2N4. The van der Waals surface area contributed by atoms with Gasteiger partial charge in [0.1, 0.15) is 17.0 Å². The Morgan fingerprint density at radius 2 is 1.95 bits per heavy atom. The van der Waals surface area contributed by atoms with Crippen molar-refractivity contribution < 1.29 is 8.78 Å². The normalized spacial score (nSPS) is 11.1. The number of nitrogens with zero attached hydrogens (tertiary/aromatic N) is 3. The van der Waals surface area contributed by atoms with E-state index in [-0.39, 0.29) is 16.9 Å². The van der Waals surface area contributed by atoms with Gasteiger partial charge in [0, 0.05) is 0 Å². The minimum atomic E-state index is -0.673. The lowest BCUT2D eigenvalue weighted by molar-refractivity contribution is 0.582. The highest BCUT2D eigenvalue weighted by atomic mass is 19.1. The van der Waals surface area contributed by atoms with Crippen molar-refractivity contribution in [3.05, 3.63) is 47.5 Å². The highest BCUT2D eigenvalue weighted by Crippen LogP contribution is 2.28. The molecule has 19 heavy (non-hydrogen) atoms. The molecule has 0 fully saturated rings. The summed E-state index contributed by atoms with van der Waals surface area (Å²) in [6.45, 7) is 1.47. The van der Waals surface area contributed by atoms with Gasteiger partial charge in [0.05, 0.1) is 11.2 Å². The van der Waals surface area contributed by atoms with E-state index in [1.165, 1.54) is 11.6 Å². The number of benzene rings is 2. The molecule has 3 rings (SSSR count). The number of nitrogen functional groups attached to an aromatic ring is 1. The maximum atomic E-state index is 14.2. The topological polar surface area (TPSA) is 56.7 Å². The maximum absolute atomic E-state index is 14.2. The van der Waals surface area contributed by atoms with Crippen molar-refractivity contribution in [2.24, 2.45) is 0 Å². The van der Waals surface area contributed by atoms with E-state index in [4.69, 9.17) is 5.73 Å². The van der Waals surface area contributed by atoms with E-state index in [2.05, 4.69) is 10.3 Å². The third-order valence-electron chi connectivity index (χ3n) is 2.97. The fraction of sp³-hybridized carbons (Fsp3) is 0.0769. The van der Waals surface area contributed by atoms with Crippen LogP contribution in [0, 0.1) is 18.6 Å². The van der Waals surface area contributed by atoms with Crippen molar-refractivity contribution in [1.29, 1.82) is 0 Å². The molecule has 0 aliphatic heterocycles. The van der Waals surface area contributed by atoms with Crippen LogP contribution in [0.4, 0.5) is 14.5 Å². The number of nitrogens with two attached hydrogens (primary N) is 1. The molecule has 1 heterocycles. The minimum absolute atomic E-state index is 0.105. The second-order valence-electron chi connectivity index (χ2n) is 4.24. The van der Waals surface area contributed by atoms with Crippen LogP contribution in [0.3, 0.4) is 0 Å². The van der Waals surface area contributed by atoms with E-state index < -0.39 is 11.6 Å². The quantitative estimate of drug-likeness (QED) is 0.684. The van der Waals surface area contributed by atoms with E-state index in [1.807, 2.05) is 0 Å². The number of para-hydroxylation sites is 1. The molecule has 0 radical (unpaired) electrons. The summed E-state index contributed by atoms with van der Waals surface area (Å²) in [7, 11) is 0. The zero-order valence-electron chi connectivity index (χ0n) is 10.1. The van der Waals surface area contributed by atoms with Crippen molar-refractivity contribution in [3.8, 4) is 5.69 Å². The van der Waals surface area contributed by atoms with Gasteiger partial charge in [-0.1, -0.05) is 17.3 Å². The number of fused-ring (bicyclic) bond motifs is 1. The SMILES string of the molecule is Cc1cc(F)c(N)c(-n2nnc3ccccc32)c1F. The molecule has 0 amide bonds. The molecule has 0 unspecified atom stereocenters. The van der Waals surface area contributed by atoms with Crippen LogP contribution in [0.15, 0.2) is 30.3 Å². The summed E-state index contributed by atoms with van der Waals surface area (Å²) in [6.07, 6.45) is 0. The highest BCUT2D eigenvalue weighted by molar-refractivity contribution is 5.78. The molecular weight excluding hydrogens is 250 g/mol. The number of hydrogen-bond acceptors (Lipinski definition) is 3. The Balaban J connectivity index is 2.39. The van der Waals surface area contributed by atoms with Crippen molar-refractivity contribution in [3.63, 3.8) is 0 Å². The second kappa shape index (κ2) is 4.01. The summed E-state index contributed by atoms with van der Waals surface area (Å²) in [5, 5.41) is 7.75.